The first-order valence-electron chi connectivity index (χ1n) is 9.24. The van der Waals surface area contributed by atoms with E-state index in [1.807, 2.05) is 60.8 Å². The largest absolute Gasteiger partial charge is 0.486 e. The number of thiazole rings is 1. The van der Waals surface area contributed by atoms with E-state index in [1.165, 1.54) is 23.8 Å². The van der Waals surface area contributed by atoms with Crippen molar-refractivity contribution >= 4 is 28.8 Å². The van der Waals surface area contributed by atoms with Crippen molar-refractivity contribution in [2.45, 2.75) is 33.4 Å². The van der Waals surface area contributed by atoms with Crippen molar-refractivity contribution in [3.8, 4) is 5.75 Å². The first-order valence-corrected chi connectivity index (χ1v) is 10.1. The molecule has 0 fully saturated rings. The van der Waals surface area contributed by atoms with E-state index in [1.54, 1.807) is 0 Å². The summed E-state index contributed by atoms with van der Waals surface area (Å²) in [7, 11) is 0. The predicted octanol–water partition coefficient (Wildman–Crippen LogP) is 3.85. The van der Waals surface area contributed by atoms with Crippen LogP contribution in [0.15, 0.2) is 53.9 Å². The van der Waals surface area contributed by atoms with E-state index in [9.17, 15) is 9.59 Å². The number of amides is 2. The Morgan fingerprint density at radius 2 is 1.93 bits per heavy atom. The van der Waals surface area contributed by atoms with Crippen LogP contribution in [-0.2, 0) is 29.2 Å². The molecule has 150 valence electrons. The number of aromatic nitrogens is 1. The molecule has 0 radical (unpaired) electrons. The van der Waals surface area contributed by atoms with E-state index in [4.69, 9.17) is 4.74 Å². The first-order chi connectivity index (χ1) is 14.0. The fraction of sp³-hybridized carbons (Fsp3) is 0.227. The second-order valence-electron chi connectivity index (χ2n) is 6.67. The molecule has 0 aliphatic heterocycles. The summed E-state index contributed by atoms with van der Waals surface area (Å²) in [6.07, 6.45) is 0.215. The quantitative estimate of drug-likeness (QED) is 0.592. The Bertz CT molecular complexity index is 983. The Morgan fingerprint density at radius 3 is 2.69 bits per heavy atom. The standard InChI is InChI=1S/C22H23N3O3S/c1-15-6-8-20(9-7-15)28-13-22-25-19(14-29-22)11-21(27)23-12-17-4-3-5-18(10-17)24-16(2)26/h3-10,14H,11-13H2,1-2H3,(H,23,27)(H,24,26). The number of nitrogens with zero attached hydrogens (tertiary/aromatic N) is 1. The molecular weight excluding hydrogens is 386 g/mol. The average molecular weight is 410 g/mol. The molecule has 0 aliphatic rings. The smallest absolute Gasteiger partial charge is 0.226 e. The van der Waals surface area contributed by atoms with Crippen molar-refractivity contribution < 1.29 is 14.3 Å². The highest BCUT2D eigenvalue weighted by Crippen LogP contribution is 2.16. The molecule has 0 unspecified atom stereocenters. The third-order valence-electron chi connectivity index (χ3n) is 4.06. The maximum absolute atomic E-state index is 12.2. The average Bonchev–Trinajstić information content (AvgIpc) is 3.13. The van der Waals surface area contributed by atoms with Gasteiger partial charge in [0.15, 0.2) is 0 Å². The predicted molar refractivity (Wildman–Crippen MR) is 114 cm³/mol. The summed E-state index contributed by atoms with van der Waals surface area (Å²) in [6, 6.07) is 15.2. The summed E-state index contributed by atoms with van der Waals surface area (Å²) in [5.41, 5.74) is 3.53. The maximum atomic E-state index is 12.2. The van der Waals surface area contributed by atoms with Crippen molar-refractivity contribution in [3.05, 3.63) is 75.7 Å². The van der Waals surface area contributed by atoms with Gasteiger partial charge in [-0.3, -0.25) is 9.59 Å². The van der Waals surface area contributed by atoms with Gasteiger partial charge in [-0.1, -0.05) is 29.8 Å². The molecule has 0 bridgehead atoms. The van der Waals surface area contributed by atoms with Gasteiger partial charge in [0.05, 0.1) is 12.1 Å². The van der Waals surface area contributed by atoms with Crippen LogP contribution in [0.4, 0.5) is 5.69 Å². The van der Waals surface area contributed by atoms with E-state index < -0.39 is 0 Å². The lowest BCUT2D eigenvalue weighted by molar-refractivity contribution is -0.120. The third kappa shape index (κ3) is 6.73. The van der Waals surface area contributed by atoms with Gasteiger partial charge in [-0.2, -0.15) is 0 Å². The number of rotatable bonds is 8. The molecule has 29 heavy (non-hydrogen) atoms. The molecule has 1 aromatic heterocycles. The molecule has 0 spiro atoms. The van der Waals surface area contributed by atoms with Gasteiger partial charge < -0.3 is 15.4 Å². The van der Waals surface area contributed by atoms with Crippen LogP contribution in [0.5, 0.6) is 5.75 Å². The van der Waals surface area contributed by atoms with Gasteiger partial charge in [0.2, 0.25) is 11.8 Å². The Balaban J connectivity index is 1.46. The number of carbonyl (C=O) groups is 2. The zero-order chi connectivity index (χ0) is 20.6. The summed E-state index contributed by atoms with van der Waals surface area (Å²) in [5, 5.41) is 8.32. The van der Waals surface area contributed by atoms with Gasteiger partial charge in [0.25, 0.3) is 0 Å². The van der Waals surface area contributed by atoms with Crippen LogP contribution in [-0.4, -0.2) is 16.8 Å². The van der Waals surface area contributed by atoms with Crippen LogP contribution in [0, 0.1) is 6.92 Å². The summed E-state index contributed by atoms with van der Waals surface area (Å²) in [6.45, 7) is 4.26. The maximum Gasteiger partial charge on any atom is 0.226 e. The molecule has 6 nitrogen and oxygen atoms in total. The van der Waals surface area contributed by atoms with Gasteiger partial charge in [-0.15, -0.1) is 11.3 Å². The first kappa shape index (κ1) is 20.5. The Labute approximate surface area is 173 Å². The molecule has 1 heterocycles. The number of hydrogen-bond donors (Lipinski definition) is 2. The number of aryl methyl sites for hydroxylation is 1. The molecule has 0 saturated carbocycles. The zero-order valence-corrected chi connectivity index (χ0v) is 17.2. The van der Waals surface area contributed by atoms with E-state index in [0.29, 0.717) is 18.8 Å². The van der Waals surface area contributed by atoms with Crippen molar-refractivity contribution in [1.82, 2.24) is 10.3 Å². The second kappa shape index (κ2) is 9.84. The van der Waals surface area contributed by atoms with Crippen LogP contribution in [0.25, 0.3) is 0 Å². The van der Waals surface area contributed by atoms with Gasteiger partial charge in [-0.05, 0) is 36.8 Å². The molecule has 2 aromatic carbocycles. The fourth-order valence-electron chi connectivity index (χ4n) is 2.67. The van der Waals surface area contributed by atoms with E-state index in [0.717, 1.165) is 22.0 Å². The van der Waals surface area contributed by atoms with Crippen molar-refractivity contribution in [3.63, 3.8) is 0 Å². The van der Waals surface area contributed by atoms with Crippen LogP contribution >= 0.6 is 11.3 Å². The number of nitrogens with one attached hydrogen (secondary N) is 2. The van der Waals surface area contributed by atoms with Crippen LogP contribution in [0.3, 0.4) is 0 Å². The van der Waals surface area contributed by atoms with Gasteiger partial charge in [0, 0.05) is 24.5 Å². The van der Waals surface area contributed by atoms with Gasteiger partial charge in [0.1, 0.15) is 17.4 Å². The molecule has 0 saturated heterocycles. The molecule has 2 amide bonds. The molecule has 3 rings (SSSR count). The third-order valence-corrected chi connectivity index (χ3v) is 4.93. The van der Waals surface area contributed by atoms with Crippen LogP contribution in [0.1, 0.15) is 28.8 Å². The van der Waals surface area contributed by atoms with E-state index in [2.05, 4.69) is 15.6 Å². The molecule has 0 atom stereocenters. The highest BCUT2D eigenvalue weighted by Gasteiger charge is 2.09. The zero-order valence-electron chi connectivity index (χ0n) is 16.4. The summed E-state index contributed by atoms with van der Waals surface area (Å²) < 4.78 is 5.73. The summed E-state index contributed by atoms with van der Waals surface area (Å²) in [5.74, 6) is 0.565. The SMILES string of the molecule is CC(=O)Nc1cccc(CNC(=O)Cc2csc(COc3ccc(C)cc3)n2)c1. The number of hydrogen-bond acceptors (Lipinski definition) is 5. The van der Waals surface area contributed by atoms with Gasteiger partial charge in [-0.25, -0.2) is 4.98 Å². The topological polar surface area (TPSA) is 80.3 Å². The van der Waals surface area contributed by atoms with Gasteiger partial charge >= 0.3 is 0 Å². The normalized spacial score (nSPS) is 10.4. The Kier molecular flexibility index (Phi) is 6.97. The Hall–Kier alpha value is -3.19. The van der Waals surface area contributed by atoms with Crippen LogP contribution in [0.2, 0.25) is 0 Å². The number of carbonyl (C=O) groups excluding carboxylic acids is 2. The molecule has 0 aliphatic carbocycles. The molecule has 2 N–H and O–H groups in total. The minimum atomic E-state index is -0.128. The van der Waals surface area contributed by atoms with E-state index in [-0.39, 0.29) is 18.2 Å². The van der Waals surface area contributed by atoms with Crippen molar-refractivity contribution in [1.29, 1.82) is 0 Å². The summed E-state index contributed by atoms with van der Waals surface area (Å²) >= 11 is 1.48. The number of benzene rings is 2. The highest BCUT2D eigenvalue weighted by atomic mass is 32.1. The van der Waals surface area contributed by atoms with Crippen molar-refractivity contribution in [2.75, 3.05) is 5.32 Å². The molecule has 7 heteroatoms. The molecular formula is C22H23N3O3S. The number of ether oxygens (including phenoxy) is 1. The Morgan fingerprint density at radius 1 is 1.14 bits per heavy atom. The summed E-state index contributed by atoms with van der Waals surface area (Å²) in [4.78, 5) is 27.8. The van der Waals surface area contributed by atoms with Crippen molar-refractivity contribution in [2.24, 2.45) is 0 Å². The fourth-order valence-corrected chi connectivity index (χ4v) is 3.37. The van der Waals surface area contributed by atoms with Crippen LogP contribution < -0.4 is 15.4 Å². The lowest BCUT2D eigenvalue weighted by Crippen LogP contribution is -2.24. The second-order valence-corrected chi connectivity index (χ2v) is 7.61. The lowest BCUT2D eigenvalue weighted by atomic mass is 10.2. The minimum Gasteiger partial charge on any atom is -0.486 e. The van der Waals surface area contributed by atoms with E-state index >= 15 is 0 Å². The number of anilines is 1. The molecule has 3 aromatic rings. The monoisotopic (exact) mass is 409 g/mol. The highest BCUT2D eigenvalue weighted by molar-refractivity contribution is 7.09. The minimum absolute atomic E-state index is 0.105. The lowest BCUT2D eigenvalue weighted by Gasteiger charge is -2.07.